The van der Waals surface area contributed by atoms with Gasteiger partial charge in [-0.1, -0.05) is 54.6 Å². The number of methoxy groups -OCH3 is 1. The molecule has 0 N–H and O–H groups in total. The molecule has 0 radical (unpaired) electrons. The number of aryl methyl sites for hydroxylation is 1. The minimum absolute atomic E-state index is 0.666. The highest BCUT2D eigenvalue weighted by atomic mass is 16.5. The Morgan fingerprint density at radius 3 is 2.53 bits per heavy atom. The lowest BCUT2D eigenvalue weighted by Gasteiger charge is -2.12. The molecule has 0 aliphatic rings. The quantitative estimate of drug-likeness (QED) is 0.373. The Morgan fingerprint density at radius 1 is 1.00 bits per heavy atom. The largest absolute Gasteiger partial charge is 0.497 e. The van der Waals surface area contributed by atoms with Crippen LogP contribution < -0.4 is 4.74 Å². The fourth-order valence-corrected chi connectivity index (χ4v) is 3.67. The summed E-state index contributed by atoms with van der Waals surface area (Å²) in [7, 11) is 1.69. The molecule has 0 saturated carbocycles. The van der Waals surface area contributed by atoms with Crippen LogP contribution in [-0.4, -0.2) is 16.7 Å². The average molecular weight is 393 g/mol. The van der Waals surface area contributed by atoms with Gasteiger partial charge in [-0.25, -0.2) is 9.83 Å². The van der Waals surface area contributed by atoms with E-state index in [9.17, 15) is 0 Å². The van der Waals surface area contributed by atoms with E-state index in [1.807, 2.05) is 48.9 Å². The van der Waals surface area contributed by atoms with Crippen molar-refractivity contribution in [2.24, 2.45) is 0 Å². The van der Waals surface area contributed by atoms with Gasteiger partial charge in [-0.2, -0.15) is 0 Å². The van der Waals surface area contributed by atoms with Crippen molar-refractivity contribution < 1.29 is 4.74 Å². The van der Waals surface area contributed by atoms with Gasteiger partial charge in [0.2, 0.25) is 0 Å². The minimum Gasteiger partial charge on any atom is -0.497 e. The molecule has 0 amide bonds. The predicted octanol–water partition coefficient (Wildman–Crippen LogP) is 6.06. The zero-order chi connectivity index (χ0) is 20.9. The van der Waals surface area contributed by atoms with E-state index in [2.05, 4.69) is 51.7 Å². The number of nitrogens with zero attached hydrogens (tertiary/aromatic N) is 3. The molecular weight excluding hydrogens is 370 g/mol. The Kier molecular flexibility index (Phi) is 5.63. The van der Waals surface area contributed by atoms with E-state index in [-0.39, 0.29) is 0 Å². The topological polar surface area (TPSA) is 31.4 Å². The molecule has 3 aromatic carbocycles. The molecular formula is C26H23N3O. The SMILES string of the molecule is [C-]#[N+]c1ccc(Cc2cncn2Cc2ccc(-c3cccc(OC)c3)c(C)c2)cc1. The van der Waals surface area contributed by atoms with Gasteiger partial charge in [0.15, 0.2) is 5.69 Å². The van der Waals surface area contributed by atoms with Crippen LogP contribution in [0.25, 0.3) is 16.0 Å². The zero-order valence-corrected chi connectivity index (χ0v) is 17.2. The maximum Gasteiger partial charge on any atom is 0.187 e. The number of rotatable bonds is 6. The van der Waals surface area contributed by atoms with E-state index >= 15 is 0 Å². The van der Waals surface area contributed by atoms with E-state index < -0.39 is 0 Å². The van der Waals surface area contributed by atoms with Crippen molar-refractivity contribution in [3.05, 3.63) is 113 Å². The van der Waals surface area contributed by atoms with Crippen molar-refractivity contribution in [1.29, 1.82) is 0 Å². The van der Waals surface area contributed by atoms with Crippen molar-refractivity contribution >= 4 is 5.69 Å². The van der Waals surface area contributed by atoms with Crippen LogP contribution in [0.15, 0.2) is 79.3 Å². The van der Waals surface area contributed by atoms with E-state index in [1.54, 1.807) is 7.11 Å². The van der Waals surface area contributed by atoms with Gasteiger partial charge in [0.25, 0.3) is 0 Å². The Morgan fingerprint density at radius 2 is 1.80 bits per heavy atom. The lowest BCUT2D eigenvalue weighted by Crippen LogP contribution is -2.04. The molecule has 0 spiro atoms. The summed E-state index contributed by atoms with van der Waals surface area (Å²) >= 11 is 0. The van der Waals surface area contributed by atoms with Crippen LogP contribution in [0.3, 0.4) is 0 Å². The third-order valence-corrected chi connectivity index (χ3v) is 5.27. The van der Waals surface area contributed by atoms with Crippen LogP contribution in [0.5, 0.6) is 5.75 Å². The highest BCUT2D eigenvalue weighted by Crippen LogP contribution is 2.27. The number of aromatic nitrogens is 2. The zero-order valence-electron chi connectivity index (χ0n) is 17.2. The molecule has 0 unspecified atom stereocenters. The van der Waals surface area contributed by atoms with Crippen molar-refractivity contribution in [2.75, 3.05) is 7.11 Å². The molecule has 0 atom stereocenters. The maximum absolute atomic E-state index is 7.08. The fraction of sp³-hybridized carbons (Fsp3) is 0.154. The van der Waals surface area contributed by atoms with Gasteiger partial charge in [-0.05, 0) is 46.9 Å². The molecule has 148 valence electrons. The monoisotopic (exact) mass is 393 g/mol. The molecule has 0 aliphatic heterocycles. The van der Waals surface area contributed by atoms with Gasteiger partial charge in [-0.15, -0.1) is 0 Å². The second kappa shape index (κ2) is 8.67. The summed E-state index contributed by atoms with van der Waals surface area (Å²) in [5.74, 6) is 0.864. The second-order valence-electron chi connectivity index (χ2n) is 7.35. The first-order valence-corrected chi connectivity index (χ1v) is 9.85. The summed E-state index contributed by atoms with van der Waals surface area (Å²) < 4.78 is 7.54. The standard InChI is InChI=1S/C26H23N3O/c1-19-13-21(9-12-26(19)22-5-4-6-25(15-22)30-3)17-29-18-28-16-24(29)14-20-7-10-23(27-2)11-8-20/h4-13,15-16,18H,14,17H2,1,3H3. The van der Waals surface area contributed by atoms with Gasteiger partial charge in [-0.3, -0.25) is 0 Å². The van der Waals surface area contributed by atoms with Crippen LogP contribution in [0, 0.1) is 13.5 Å². The van der Waals surface area contributed by atoms with Crippen LogP contribution in [0.2, 0.25) is 0 Å². The second-order valence-corrected chi connectivity index (χ2v) is 7.35. The first-order valence-electron chi connectivity index (χ1n) is 9.85. The van der Waals surface area contributed by atoms with Crippen LogP contribution in [0.4, 0.5) is 5.69 Å². The summed E-state index contributed by atoms with van der Waals surface area (Å²) in [6, 6.07) is 22.5. The van der Waals surface area contributed by atoms with E-state index in [0.717, 1.165) is 30.0 Å². The third kappa shape index (κ3) is 4.26. The average Bonchev–Trinajstić information content (AvgIpc) is 3.21. The molecule has 4 heteroatoms. The molecule has 30 heavy (non-hydrogen) atoms. The summed E-state index contributed by atoms with van der Waals surface area (Å²) in [4.78, 5) is 7.81. The molecule has 0 bridgehead atoms. The first kappa shape index (κ1) is 19.5. The van der Waals surface area contributed by atoms with Crippen molar-refractivity contribution in [3.8, 4) is 16.9 Å². The molecule has 4 rings (SSSR count). The molecule has 4 aromatic rings. The van der Waals surface area contributed by atoms with Gasteiger partial charge >= 0.3 is 0 Å². The molecule has 0 aliphatic carbocycles. The molecule has 0 fully saturated rings. The minimum atomic E-state index is 0.666. The van der Waals surface area contributed by atoms with Gasteiger partial charge in [0.05, 0.1) is 20.0 Å². The highest BCUT2D eigenvalue weighted by molar-refractivity contribution is 5.69. The number of benzene rings is 3. The Bertz CT molecular complexity index is 1200. The number of hydrogen-bond acceptors (Lipinski definition) is 2. The number of hydrogen-bond donors (Lipinski definition) is 0. The molecule has 4 nitrogen and oxygen atoms in total. The first-order chi connectivity index (χ1) is 14.7. The van der Waals surface area contributed by atoms with Crippen molar-refractivity contribution in [2.45, 2.75) is 19.9 Å². The normalized spacial score (nSPS) is 10.6. The van der Waals surface area contributed by atoms with E-state index in [4.69, 9.17) is 11.3 Å². The van der Waals surface area contributed by atoms with E-state index in [0.29, 0.717) is 5.69 Å². The fourth-order valence-electron chi connectivity index (χ4n) is 3.67. The Labute approximate surface area is 177 Å². The van der Waals surface area contributed by atoms with Gasteiger partial charge in [0, 0.05) is 24.9 Å². The van der Waals surface area contributed by atoms with Crippen molar-refractivity contribution in [1.82, 2.24) is 9.55 Å². The molecule has 0 saturated heterocycles. The highest BCUT2D eigenvalue weighted by Gasteiger charge is 2.08. The van der Waals surface area contributed by atoms with E-state index in [1.165, 1.54) is 22.3 Å². The Balaban J connectivity index is 1.53. The van der Waals surface area contributed by atoms with Gasteiger partial charge < -0.3 is 9.30 Å². The van der Waals surface area contributed by atoms with Crippen LogP contribution in [-0.2, 0) is 13.0 Å². The van der Waals surface area contributed by atoms with Crippen molar-refractivity contribution in [3.63, 3.8) is 0 Å². The van der Waals surface area contributed by atoms with Crippen LogP contribution >= 0.6 is 0 Å². The lowest BCUT2D eigenvalue weighted by molar-refractivity contribution is 0.415. The summed E-state index contributed by atoms with van der Waals surface area (Å²) in [6.07, 6.45) is 4.59. The number of ether oxygens (including phenoxy) is 1. The Hall–Kier alpha value is -3.84. The summed E-state index contributed by atoms with van der Waals surface area (Å²) in [5.41, 5.74) is 7.83. The smallest absolute Gasteiger partial charge is 0.187 e. The van der Waals surface area contributed by atoms with Gasteiger partial charge in [0.1, 0.15) is 5.75 Å². The maximum atomic E-state index is 7.08. The molecule has 1 heterocycles. The molecule has 1 aromatic heterocycles. The predicted molar refractivity (Wildman–Crippen MR) is 120 cm³/mol. The number of imidazole rings is 1. The summed E-state index contributed by atoms with van der Waals surface area (Å²) in [6.45, 7) is 10.00. The third-order valence-electron chi connectivity index (χ3n) is 5.27. The summed E-state index contributed by atoms with van der Waals surface area (Å²) in [5, 5.41) is 0. The lowest BCUT2D eigenvalue weighted by atomic mass is 9.98. The van der Waals surface area contributed by atoms with Crippen LogP contribution in [0.1, 0.15) is 22.4 Å².